The molecular formula is C19H17F3N6O2. The number of anilines is 1. The zero-order chi connectivity index (χ0) is 21.4. The van der Waals surface area contributed by atoms with Gasteiger partial charge in [-0.2, -0.15) is 13.2 Å². The highest BCUT2D eigenvalue weighted by Gasteiger charge is 2.44. The van der Waals surface area contributed by atoms with E-state index in [-0.39, 0.29) is 24.2 Å². The number of nitrogens with one attached hydrogen (secondary N) is 2. The summed E-state index contributed by atoms with van der Waals surface area (Å²) in [6.45, 7) is 2.43. The zero-order valence-corrected chi connectivity index (χ0v) is 15.8. The summed E-state index contributed by atoms with van der Waals surface area (Å²) in [4.78, 5) is 20.2. The topological polar surface area (TPSA) is 106 Å². The van der Waals surface area contributed by atoms with Gasteiger partial charge in [-0.05, 0) is 37.6 Å². The molecule has 1 amide bonds. The highest BCUT2D eigenvalue weighted by molar-refractivity contribution is 5.88. The van der Waals surface area contributed by atoms with E-state index in [0.717, 1.165) is 12.3 Å². The van der Waals surface area contributed by atoms with Crippen LogP contribution in [0.1, 0.15) is 30.5 Å². The standard InChI is InChI=1S/C19H17F3N6O2/c1-18(6-8-24-16(18)29)17-28-27-15(30-17)14-13(3-2-7-23-14)26-10-12-5-4-11(9-25-12)19(20,21)22/h2-5,7,9,26H,6,8,10H2,1H3,(H,24,29)/t18-/m0/s1. The highest BCUT2D eigenvalue weighted by Crippen LogP contribution is 2.33. The van der Waals surface area contributed by atoms with Crippen LogP contribution >= 0.6 is 0 Å². The van der Waals surface area contributed by atoms with E-state index in [4.69, 9.17) is 4.42 Å². The Labute approximate surface area is 168 Å². The van der Waals surface area contributed by atoms with Gasteiger partial charge >= 0.3 is 6.18 Å². The van der Waals surface area contributed by atoms with Gasteiger partial charge in [0, 0.05) is 18.9 Å². The number of carbonyl (C=O) groups is 1. The van der Waals surface area contributed by atoms with Gasteiger partial charge in [0.2, 0.25) is 11.8 Å². The largest absolute Gasteiger partial charge is 0.418 e. The average molecular weight is 418 g/mol. The van der Waals surface area contributed by atoms with Gasteiger partial charge in [-0.15, -0.1) is 10.2 Å². The molecule has 1 fully saturated rings. The van der Waals surface area contributed by atoms with Crippen LogP contribution in [0.5, 0.6) is 0 Å². The van der Waals surface area contributed by atoms with Gasteiger partial charge in [0.15, 0.2) is 5.69 Å². The van der Waals surface area contributed by atoms with Crippen LogP contribution in [0, 0.1) is 0 Å². The van der Waals surface area contributed by atoms with Gasteiger partial charge in [-0.1, -0.05) is 0 Å². The molecule has 0 saturated carbocycles. The number of nitrogens with zero attached hydrogens (tertiary/aromatic N) is 4. The number of pyridine rings is 2. The molecule has 0 radical (unpaired) electrons. The number of hydrogen-bond acceptors (Lipinski definition) is 7. The van der Waals surface area contributed by atoms with Crippen molar-refractivity contribution in [2.75, 3.05) is 11.9 Å². The van der Waals surface area contributed by atoms with Crippen molar-refractivity contribution in [3.8, 4) is 11.6 Å². The van der Waals surface area contributed by atoms with E-state index in [9.17, 15) is 18.0 Å². The number of aromatic nitrogens is 4. The molecule has 156 valence electrons. The molecule has 1 aliphatic rings. The molecule has 1 aliphatic heterocycles. The zero-order valence-electron chi connectivity index (χ0n) is 15.8. The van der Waals surface area contributed by atoms with Gasteiger partial charge in [0.05, 0.1) is 23.5 Å². The lowest BCUT2D eigenvalue weighted by Crippen LogP contribution is -2.32. The minimum Gasteiger partial charge on any atom is -0.418 e. The molecule has 0 unspecified atom stereocenters. The normalized spacial score (nSPS) is 19.0. The Hall–Kier alpha value is -3.50. The Balaban J connectivity index is 1.53. The fraction of sp³-hybridized carbons (Fsp3) is 0.316. The Kier molecular flexibility index (Phi) is 4.88. The number of alkyl halides is 3. The van der Waals surface area contributed by atoms with Crippen LogP contribution in [-0.4, -0.2) is 32.6 Å². The molecule has 11 heteroatoms. The molecular weight excluding hydrogens is 401 g/mol. The summed E-state index contributed by atoms with van der Waals surface area (Å²) < 4.78 is 43.7. The molecule has 2 N–H and O–H groups in total. The maximum absolute atomic E-state index is 12.7. The molecule has 1 atom stereocenters. The Morgan fingerprint density at radius 1 is 1.23 bits per heavy atom. The highest BCUT2D eigenvalue weighted by atomic mass is 19.4. The Morgan fingerprint density at radius 2 is 2.07 bits per heavy atom. The van der Waals surface area contributed by atoms with Crippen LogP contribution in [0.15, 0.2) is 41.1 Å². The van der Waals surface area contributed by atoms with Crippen LogP contribution in [-0.2, 0) is 22.9 Å². The molecule has 0 aromatic carbocycles. The molecule has 3 aromatic rings. The fourth-order valence-corrected chi connectivity index (χ4v) is 3.08. The van der Waals surface area contributed by atoms with Crippen molar-refractivity contribution in [3.63, 3.8) is 0 Å². The second kappa shape index (κ2) is 7.39. The smallest absolute Gasteiger partial charge is 0.417 e. The average Bonchev–Trinajstić information content (AvgIpc) is 3.34. The van der Waals surface area contributed by atoms with Crippen molar-refractivity contribution in [3.05, 3.63) is 53.8 Å². The molecule has 1 saturated heterocycles. The molecule has 4 heterocycles. The number of hydrogen-bond donors (Lipinski definition) is 2. The van der Waals surface area contributed by atoms with Gasteiger partial charge in [0.1, 0.15) is 5.41 Å². The number of amides is 1. The number of halogens is 3. The lowest BCUT2D eigenvalue weighted by Gasteiger charge is -2.14. The molecule has 30 heavy (non-hydrogen) atoms. The minimum atomic E-state index is -4.43. The van der Waals surface area contributed by atoms with Crippen molar-refractivity contribution in [2.24, 2.45) is 0 Å². The van der Waals surface area contributed by atoms with Crippen molar-refractivity contribution >= 4 is 11.6 Å². The van der Waals surface area contributed by atoms with E-state index >= 15 is 0 Å². The third-order valence-corrected chi connectivity index (χ3v) is 4.93. The first-order valence-electron chi connectivity index (χ1n) is 9.11. The summed E-state index contributed by atoms with van der Waals surface area (Å²) in [5.74, 6) is 0.161. The SMILES string of the molecule is C[C@]1(c2nnc(-c3ncccc3NCc3ccc(C(F)(F)F)cn3)o2)CCNC1=O. The van der Waals surface area contributed by atoms with Gasteiger partial charge in [-0.25, -0.2) is 4.98 Å². The van der Waals surface area contributed by atoms with Gasteiger partial charge < -0.3 is 15.1 Å². The first kappa shape index (κ1) is 19.8. The lowest BCUT2D eigenvalue weighted by molar-refractivity contribution is -0.137. The van der Waals surface area contributed by atoms with E-state index in [1.165, 1.54) is 6.07 Å². The van der Waals surface area contributed by atoms with Crippen LogP contribution in [0.4, 0.5) is 18.9 Å². The van der Waals surface area contributed by atoms with Crippen molar-refractivity contribution in [2.45, 2.75) is 31.5 Å². The van der Waals surface area contributed by atoms with Gasteiger partial charge in [-0.3, -0.25) is 9.78 Å². The summed E-state index contributed by atoms with van der Waals surface area (Å²) in [7, 11) is 0. The maximum Gasteiger partial charge on any atom is 0.417 e. The third kappa shape index (κ3) is 3.70. The fourth-order valence-electron chi connectivity index (χ4n) is 3.08. The van der Waals surface area contributed by atoms with E-state index in [1.54, 1.807) is 25.3 Å². The summed E-state index contributed by atoms with van der Waals surface area (Å²) in [6.07, 6.45) is -1.55. The monoisotopic (exact) mass is 418 g/mol. The summed E-state index contributed by atoms with van der Waals surface area (Å²) in [5, 5.41) is 13.9. The number of rotatable bonds is 5. The quantitative estimate of drug-likeness (QED) is 0.656. The van der Waals surface area contributed by atoms with E-state index in [0.29, 0.717) is 30.0 Å². The minimum absolute atomic E-state index is 0.134. The Morgan fingerprint density at radius 3 is 2.73 bits per heavy atom. The third-order valence-electron chi connectivity index (χ3n) is 4.93. The van der Waals surface area contributed by atoms with E-state index in [2.05, 4.69) is 30.8 Å². The van der Waals surface area contributed by atoms with Gasteiger partial charge in [0.25, 0.3) is 5.89 Å². The first-order chi connectivity index (χ1) is 14.3. The maximum atomic E-state index is 12.7. The predicted molar refractivity (Wildman–Crippen MR) is 99.1 cm³/mol. The number of carbonyl (C=O) groups excluding carboxylic acids is 1. The van der Waals surface area contributed by atoms with Crippen molar-refractivity contribution in [1.29, 1.82) is 0 Å². The van der Waals surface area contributed by atoms with E-state index < -0.39 is 17.2 Å². The van der Waals surface area contributed by atoms with Crippen LogP contribution in [0.25, 0.3) is 11.6 Å². The molecule has 8 nitrogen and oxygen atoms in total. The molecule has 0 bridgehead atoms. The molecule has 0 aliphatic carbocycles. The van der Waals surface area contributed by atoms with Crippen molar-refractivity contribution in [1.82, 2.24) is 25.5 Å². The first-order valence-corrected chi connectivity index (χ1v) is 9.11. The Bertz CT molecular complexity index is 1070. The second-order valence-electron chi connectivity index (χ2n) is 7.04. The van der Waals surface area contributed by atoms with Crippen LogP contribution < -0.4 is 10.6 Å². The van der Waals surface area contributed by atoms with Crippen LogP contribution in [0.3, 0.4) is 0 Å². The molecule has 3 aromatic heterocycles. The lowest BCUT2D eigenvalue weighted by atomic mass is 9.89. The molecule has 4 rings (SSSR count). The summed E-state index contributed by atoms with van der Waals surface area (Å²) in [6, 6.07) is 5.69. The molecule has 0 spiro atoms. The van der Waals surface area contributed by atoms with E-state index in [1.807, 2.05) is 0 Å². The second-order valence-corrected chi connectivity index (χ2v) is 7.04. The van der Waals surface area contributed by atoms with Crippen LogP contribution in [0.2, 0.25) is 0 Å². The van der Waals surface area contributed by atoms with Crippen molar-refractivity contribution < 1.29 is 22.4 Å². The predicted octanol–water partition coefficient (Wildman–Crippen LogP) is 2.94. The summed E-state index contributed by atoms with van der Waals surface area (Å²) in [5.41, 5.74) is -0.381. The summed E-state index contributed by atoms with van der Waals surface area (Å²) >= 11 is 0.